The third-order valence-corrected chi connectivity index (χ3v) is 8.00. The fourth-order valence-electron chi connectivity index (χ4n) is 4.51. The summed E-state index contributed by atoms with van der Waals surface area (Å²) in [4.78, 5) is 27.9. The minimum atomic E-state index is -0.328. The molecule has 0 spiro atoms. The number of nitrogens with one attached hydrogen (secondary N) is 2. The molecule has 2 aromatic carbocycles. The number of hydrogen-bond acceptors (Lipinski definition) is 4. The number of para-hydroxylation sites is 2. The number of amides is 2. The van der Waals surface area contributed by atoms with Crippen LogP contribution < -0.4 is 15.4 Å². The molecule has 1 heterocycles. The van der Waals surface area contributed by atoms with Gasteiger partial charge in [-0.1, -0.05) is 56.6 Å². The number of benzene rings is 2. The van der Waals surface area contributed by atoms with Crippen LogP contribution in [0.1, 0.15) is 65.3 Å². The van der Waals surface area contributed by atoms with Crippen molar-refractivity contribution >= 4 is 45.4 Å². The maximum absolute atomic E-state index is 13.7. The minimum Gasteiger partial charge on any atom is -0.492 e. The van der Waals surface area contributed by atoms with Crippen molar-refractivity contribution in [2.45, 2.75) is 47.0 Å². The lowest BCUT2D eigenvalue weighted by Gasteiger charge is -2.33. The lowest BCUT2D eigenvalue weighted by molar-refractivity contribution is 0.102. The van der Waals surface area contributed by atoms with Gasteiger partial charge in [-0.3, -0.25) is 9.59 Å². The van der Waals surface area contributed by atoms with E-state index in [0.29, 0.717) is 45.1 Å². The van der Waals surface area contributed by atoms with Crippen LogP contribution in [0.2, 0.25) is 5.02 Å². The maximum atomic E-state index is 13.7. The minimum absolute atomic E-state index is 0.168. The summed E-state index contributed by atoms with van der Waals surface area (Å²) in [6.07, 6.45) is 2.69. The molecule has 3 aromatic rings. The van der Waals surface area contributed by atoms with Gasteiger partial charge in [0.25, 0.3) is 11.8 Å². The number of anilines is 2. The number of thiophene rings is 1. The Bertz CT molecular complexity index is 1250. The number of carbonyl (C=O) groups is 2. The van der Waals surface area contributed by atoms with E-state index in [9.17, 15) is 9.59 Å². The number of ether oxygens (including phenoxy) is 1. The topological polar surface area (TPSA) is 67.4 Å². The molecule has 1 aliphatic carbocycles. The maximum Gasteiger partial charge on any atom is 0.259 e. The van der Waals surface area contributed by atoms with Crippen LogP contribution >= 0.6 is 22.9 Å². The second kappa shape index (κ2) is 10.4. The van der Waals surface area contributed by atoms with E-state index in [-0.39, 0.29) is 17.2 Å². The Morgan fingerprint density at radius 2 is 1.77 bits per heavy atom. The molecule has 0 bridgehead atoms. The standard InChI is InChI=1S/C28H31ClN2O3S/c1-5-34-22-13-9-8-12-21(22)30-26(33)24-19-15-14-17(28(2,3)4)16-23(19)35-27(24)31-25(32)18-10-6-7-11-20(18)29/h6-13,17H,5,14-16H2,1-4H3,(H,30,33)(H,31,32). The Hall–Kier alpha value is -2.83. The van der Waals surface area contributed by atoms with E-state index in [4.69, 9.17) is 16.3 Å². The van der Waals surface area contributed by atoms with Crippen molar-refractivity contribution in [3.05, 3.63) is 75.1 Å². The molecule has 2 amide bonds. The monoisotopic (exact) mass is 510 g/mol. The predicted molar refractivity (Wildman–Crippen MR) is 144 cm³/mol. The predicted octanol–water partition coefficient (Wildman–Crippen LogP) is 7.46. The van der Waals surface area contributed by atoms with Gasteiger partial charge in [0.05, 0.1) is 28.4 Å². The highest BCUT2D eigenvalue weighted by Crippen LogP contribution is 2.45. The zero-order valence-electron chi connectivity index (χ0n) is 20.5. The summed E-state index contributed by atoms with van der Waals surface area (Å²) >= 11 is 7.76. The highest BCUT2D eigenvalue weighted by Gasteiger charge is 2.34. The Kier molecular flexibility index (Phi) is 7.53. The van der Waals surface area contributed by atoms with Crippen LogP contribution in [0, 0.1) is 11.3 Å². The normalized spacial score (nSPS) is 15.3. The summed E-state index contributed by atoms with van der Waals surface area (Å²) < 4.78 is 5.69. The van der Waals surface area contributed by atoms with E-state index < -0.39 is 0 Å². The first-order chi connectivity index (χ1) is 16.7. The van der Waals surface area contributed by atoms with Crippen molar-refractivity contribution in [3.63, 3.8) is 0 Å². The highest BCUT2D eigenvalue weighted by molar-refractivity contribution is 7.17. The molecule has 0 saturated carbocycles. The molecule has 7 heteroatoms. The molecule has 0 fully saturated rings. The molecule has 5 nitrogen and oxygen atoms in total. The molecule has 1 aliphatic rings. The first kappa shape index (κ1) is 25.3. The van der Waals surface area contributed by atoms with Crippen LogP contribution in [0.4, 0.5) is 10.7 Å². The van der Waals surface area contributed by atoms with Gasteiger partial charge in [-0.2, -0.15) is 0 Å². The first-order valence-corrected chi connectivity index (χ1v) is 13.1. The van der Waals surface area contributed by atoms with E-state index in [1.54, 1.807) is 24.3 Å². The summed E-state index contributed by atoms with van der Waals surface area (Å²) in [7, 11) is 0. The quantitative estimate of drug-likeness (QED) is 0.361. The third kappa shape index (κ3) is 5.54. The molecule has 4 rings (SSSR count). The van der Waals surface area contributed by atoms with Gasteiger partial charge >= 0.3 is 0 Å². The molecule has 1 aromatic heterocycles. The Morgan fingerprint density at radius 1 is 1.06 bits per heavy atom. The number of fused-ring (bicyclic) bond motifs is 1. The van der Waals surface area contributed by atoms with Crippen molar-refractivity contribution in [1.29, 1.82) is 0 Å². The average Bonchev–Trinajstić information content (AvgIpc) is 3.17. The zero-order chi connectivity index (χ0) is 25.2. The van der Waals surface area contributed by atoms with Crippen molar-refractivity contribution in [1.82, 2.24) is 0 Å². The molecule has 1 atom stereocenters. The molecule has 0 saturated heterocycles. The lowest BCUT2D eigenvalue weighted by atomic mass is 9.72. The summed E-state index contributed by atoms with van der Waals surface area (Å²) in [5, 5.41) is 6.93. The molecule has 0 aliphatic heterocycles. The first-order valence-electron chi connectivity index (χ1n) is 11.9. The molecule has 1 unspecified atom stereocenters. The second-order valence-corrected chi connectivity index (χ2v) is 11.3. The van der Waals surface area contributed by atoms with Gasteiger partial charge in [-0.25, -0.2) is 0 Å². The Morgan fingerprint density at radius 3 is 2.49 bits per heavy atom. The smallest absolute Gasteiger partial charge is 0.259 e. The van der Waals surface area contributed by atoms with Crippen LogP contribution in [0.5, 0.6) is 5.75 Å². The number of hydrogen-bond donors (Lipinski definition) is 2. The number of rotatable bonds is 6. The van der Waals surface area contributed by atoms with E-state index in [2.05, 4.69) is 31.4 Å². The van der Waals surface area contributed by atoms with Crippen molar-refractivity contribution in [2.75, 3.05) is 17.2 Å². The van der Waals surface area contributed by atoms with Gasteiger partial charge in [0.1, 0.15) is 10.8 Å². The number of carbonyl (C=O) groups excluding carboxylic acids is 2. The van der Waals surface area contributed by atoms with Gasteiger partial charge in [-0.05, 0) is 67.3 Å². The van der Waals surface area contributed by atoms with Crippen LogP contribution in [0.15, 0.2) is 48.5 Å². The van der Waals surface area contributed by atoms with Gasteiger partial charge in [0.2, 0.25) is 0 Å². The van der Waals surface area contributed by atoms with Crippen molar-refractivity contribution in [2.24, 2.45) is 11.3 Å². The summed E-state index contributed by atoms with van der Waals surface area (Å²) in [6.45, 7) is 9.17. The van der Waals surface area contributed by atoms with Crippen LogP contribution in [-0.4, -0.2) is 18.4 Å². The van der Waals surface area contributed by atoms with Gasteiger partial charge < -0.3 is 15.4 Å². The number of halogens is 1. The SMILES string of the molecule is CCOc1ccccc1NC(=O)c1c(NC(=O)c2ccccc2Cl)sc2c1CCC(C(C)(C)C)C2. The summed E-state index contributed by atoms with van der Waals surface area (Å²) in [5.41, 5.74) is 2.70. The van der Waals surface area contributed by atoms with Crippen molar-refractivity contribution < 1.29 is 14.3 Å². The van der Waals surface area contributed by atoms with Gasteiger partial charge in [0.15, 0.2) is 0 Å². The lowest BCUT2D eigenvalue weighted by Crippen LogP contribution is -2.27. The van der Waals surface area contributed by atoms with Crippen LogP contribution in [0.25, 0.3) is 0 Å². The van der Waals surface area contributed by atoms with Crippen LogP contribution in [-0.2, 0) is 12.8 Å². The third-order valence-electron chi connectivity index (χ3n) is 6.50. The highest BCUT2D eigenvalue weighted by atomic mass is 35.5. The zero-order valence-corrected chi connectivity index (χ0v) is 22.1. The van der Waals surface area contributed by atoms with Crippen LogP contribution in [0.3, 0.4) is 0 Å². The largest absolute Gasteiger partial charge is 0.492 e. The molecule has 184 valence electrons. The van der Waals surface area contributed by atoms with E-state index >= 15 is 0 Å². The van der Waals surface area contributed by atoms with E-state index in [0.717, 1.165) is 29.7 Å². The molecular formula is C28H31ClN2O3S. The fourth-order valence-corrected chi connectivity index (χ4v) is 6.05. The van der Waals surface area contributed by atoms with E-state index in [1.165, 1.54) is 11.3 Å². The fraction of sp³-hybridized carbons (Fsp3) is 0.357. The summed E-state index contributed by atoms with van der Waals surface area (Å²) in [6, 6.07) is 14.3. The van der Waals surface area contributed by atoms with E-state index in [1.807, 2.05) is 31.2 Å². The average molecular weight is 511 g/mol. The molecule has 0 radical (unpaired) electrons. The Balaban J connectivity index is 1.71. The molecule has 35 heavy (non-hydrogen) atoms. The second-order valence-electron chi connectivity index (χ2n) is 9.83. The molecule has 2 N–H and O–H groups in total. The summed E-state index contributed by atoms with van der Waals surface area (Å²) in [5.74, 6) is 0.543. The molecular weight excluding hydrogens is 480 g/mol. The van der Waals surface area contributed by atoms with Crippen molar-refractivity contribution in [3.8, 4) is 5.75 Å². The van der Waals surface area contributed by atoms with Gasteiger partial charge in [-0.15, -0.1) is 11.3 Å². The van der Waals surface area contributed by atoms with Gasteiger partial charge in [0, 0.05) is 4.88 Å². The Labute approximate surface area is 215 Å².